The first-order valence-electron chi connectivity index (χ1n) is 6.61. The number of aromatic nitrogens is 1. The molecule has 0 radical (unpaired) electrons. The maximum atomic E-state index is 10.4. The third-order valence-electron chi connectivity index (χ3n) is 3.68. The van der Waals surface area contributed by atoms with E-state index in [1.165, 1.54) is 12.8 Å². The second-order valence-electron chi connectivity index (χ2n) is 4.96. The molecule has 1 aromatic carbocycles. The number of hydrogen-bond acceptors (Lipinski definition) is 3. The second-order valence-corrected chi connectivity index (χ2v) is 4.96. The van der Waals surface area contributed by atoms with Crippen LogP contribution >= 0.6 is 0 Å². The molecule has 2 aromatic rings. The average molecular weight is 242 g/mol. The SMILES string of the molecule is OC(c1cnc2ccccc2c1)C1CCCCN1. The Balaban J connectivity index is 1.88. The van der Waals surface area contributed by atoms with Gasteiger partial charge in [0, 0.05) is 23.2 Å². The lowest BCUT2D eigenvalue weighted by Gasteiger charge is -2.28. The van der Waals surface area contributed by atoms with Crippen molar-refractivity contribution >= 4 is 10.9 Å². The van der Waals surface area contributed by atoms with Gasteiger partial charge in [-0.05, 0) is 31.5 Å². The third-order valence-corrected chi connectivity index (χ3v) is 3.68. The molecule has 3 rings (SSSR count). The zero-order chi connectivity index (χ0) is 12.4. The smallest absolute Gasteiger partial charge is 0.0958 e. The Kier molecular flexibility index (Phi) is 3.26. The van der Waals surface area contributed by atoms with Gasteiger partial charge in [0.15, 0.2) is 0 Å². The van der Waals surface area contributed by atoms with Crippen molar-refractivity contribution in [3.05, 3.63) is 42.1 Å². The molecule has 0 spiro atoms. The molecular formula is C15H18N2O. The molecule has 3 heteroatoms. The zero-order valence-electron chi connectivity index (χ0n) is 10.3. The summed E-state index contributed by atoms with van der Waals surface area (Å²) in [5, 5.41) is 14.9. The molecule has 3 nitrogen and oxygen atoms in total. The van der Waals surface area contributed by atoms with E-state index in [4.69, 9.17) is 0 Å². The third kappa shape index (κ3) is 2.24. The Morgan fingerprint density at radius 1 is 1.28 bits per heavy atom. The minimum Gasteiger partial charge on any atom is -0.387 e. The normalized spacial score (nSPS) is 21.9. The molecule has 0 saturated carbocycles. The van der Waals surface area contributed by atoms with E-state index in [0.717, 1.165) is 29.4 Å². The van der Waals surface area contributed by atoms with Crippen LogP contribution in [0.25, 0.3) is 10.9 Å². The summed E-state index contributed by atoms with van der Waals surface area (Å²) in [5.41, 5.74) is 1.89. The highest BCUT2D eigenvalue weighted by molar-refractivity contribution is 5.78. The van der Waals surface area contributed by atoms with Gasteiger partial charge in [0.2, 0.25) is 0 Å². The Bertz CT molecular complexity index is 535. The molecule has 2 atom stereocenters. The fraction of sp³-hybridized carbons (Fsp3) is 0.400. The van der Waals surface area contributed by atoms with E-state index in [1.54, 1.807) is 6.20 Å². The Hall–Kier alpha value is -1.45. The van der Waals surface area contributed by atoms with Gasteiger partial charge in [-0.1, -0.05) is 24.6 Å². The molecule has 0 aliphatic carbocycles. The fourth-order valence-electron chi connectivity index (χ4n) is 2.63. The summed E-state index contributed by atoms with van der Waals surface area (Å²) in [5.74, 6) is 0. The lowest BCUT2D eigenvalue weighted by atomic mass is 9.95. The van der Waals surface area contributed by atoms with Crippen LogP contribution in [0, 0.1) is 0 Å². The van der Waals surface area contributed by atoms with Gasteiger partial charge >= 0.3 is 0 Å². The van der Waals surface area contributed by atoms with E-state index in [1.807, 2.05) is 30.3 Å². The Morgan fingerprint density at radius 2 is 2.17 bits per heavy atom. The molecule has 0 bridgehead atoms. The van der Waals surface area contributed by atoms with E-state index in [9.17, 15) is 5.11 Å². The highest BCUT2D eigenvalue weighted by atomic mass is 16.3. The molecule has 2 N–H and O–H groups in total. The molecule has 1 aliphatic heterocycles. The minimum atomic E-state index is -0.456. The van der Waals surface area contributed by atoms with Gasteiger partial charge in [0.1, 0.15) is 0 Å². The first-order valence-corrected chi connectivity index (χ1v) is 6.61. The number of benzene rings is 1. The summed E-state index contributed by atoms with van der Waals surface area (Å²) in [6.07, 6.45) is 4.77. The predicted molar refractivity (Wildman–Crippen MR) is 72.3 cm³/mol. The number of nitrogens with one attached hydrogen (secondary N) is 1. The van der Waals surface area contributed by atoms with E-state index in [0.29, 0.717) is 0 Å². The van der Waals surface area contributed by atoms with Crippen molar-refractivity contribution in [2.45, 2.75) is 31.4 Å². The summed E-state index contributed by atoms with van der Waals surface area (Å²) in [7, 11) is 0. The number of rotatable bonds is 2. The number of aliphatic hydroxyl groups is 1. The first-order chi connectivity index (χ1) is 8.84. The van der Waals surface area contributed by atoms with Gasteiger partial charge in [-0.2, -0.15) is 0 Å². The number of hydrogen-bond donors (Lipinski definition) is 2. The van der Waals surface area contributed by atoms with Crippen LogP contribution in [0.4, 0.5) is 0 Å². The van der Waals surface area contributed by atoms with Gasteiger partial charge in [0.25, 0.3) is 0 Å². The number of aliphatic hydroxyl groups excluding tert-OH is 1. The average Bonchev–Trinajstić information content (AvgIpc) is 2.47. The monoisotopic (exact) mass is 242 g/mol. The number of fused-ring (bicyclic) bond motifs is 1. The van der Waals surface area contributed by atoms with Crippen molar-refractivity contribution in [3.63, 3.8) is 0 Å². The minimum absolute atomic E-state index is 0.168. The summed E-state index contributed by atoms with van der Waals surface area (Å²) < 4.78 is 0. The van der Waals surface area contributed by atoms with Crippen molar-refractivity contribution in [3.8, 4) is 0 Å². The van der Waals surface area contributed by atoms with Gasteiger partial charge in [-0.25, -0.2) is 0 Å². The van der Waals surface area contributed by atoms with Crippen LogP contribution in [0.5, 0.6) is 0 Å². The zero-order valence-corrected chi connectivity index (χ0v) is 10.3. The lowest BCUT2D eigenvalue weighted by Crippen LogP contribution is -2.38. The van der Waals surface area contributed by atoms with Crippen LogP contribution in [0.3, 0.4) is 0 Å². The molecule has 94 valence electrons. The second kappa shape index (κ2) is 5.04. The largest absolute Gasteiger partial charge is 0.387 e. The van der Waals surface area contributed by atoms with Crippen LogP contribution in [0.15, 0.2) is 36.5 Å². The van der Waals surface area contributed by atoms with Gasteiger partial charge < -0.3 is 10.4 Å². The molecule has 2 unspecified atom stereocenters. The predicted octanol–water partition coefficient (Wildman–Crippen LogP) is 2.41. The van der Waals surface area contributed by atoms with E-state index < -0.39 is 6.10 Å². The number of nitrogens with zero attached hydrogens (tertiary/aromatic N) is 1. The molecule has 1 saturated heterocycles. The van der Waals surface area contributed by atoms with Crippen molar-refractivity contribution in [1.82, 2.24) is 10.3 Å². The molecule has 18 heavy (non-hydrogen) atoms. The fourth-order valence-corrected chi connectivity index (χ4v) is 2.63. The molecule has 2 heterocycles. The van der Waals surface area contributed by atoms with Crippen LogP contribution in [0.2, 0.25) is 0 Å². The first kappa shape index (κ1) is 11.6. The summed E-state index contributed by atoms with van der Waals surface area (Å²) >= 11 is 0. The van der Waals surface area contributed by atoms with Gasteiger partial charge in [-0.3, -0.25) is 4.98 Å². The number of pyridine rings is 1. The standard InChI is InChI=1S/C15H18N2O/c18-15(14-7-3-4-8-16-14)12-9-11-5-1-2-6-13(11)17-10-12/h1-2,5-6,9-10,14-16,18H,3-4,7-8H2. The highest BCUT2D eigenvalue weighted by Crippen LogP contribution is 2.24. The van der Waals surface area contributed by atoms with E-state index in [-0.39, 0.29) is 6.04 Å². The van der Waals surface area contributed by atoms with Crippen LogP contribution in [-0.2, 0) is 0 Å². The summed E-state index contributed by atoms with van der Waals surface area (Å²) in [6, 6.07) is 10.2. The molecule has 1 aliphatic rings. The topological polar surface area (TPSA) is 45.2 Å². The summed E-state index contributed by atoms with van der Waals surface area (Å²) in [4.78, 5) is 4.41. The van der Waals surface area contributed by atoms with Crippen molar-refractivity contribution in [2.75, 3.05) is 6.54 Å². The lowest BCUT2D eigenvalue weighted by molar-refractivity contribution is 0.113. The quantitative estimate of drug-likeness (QED) is 0.850. The molecular weight excluding hydrogens is 224 g/mol. The van der Waals surface area contributed by atoms with Crippen LogP contribution < -0.4 is 5.32 Å². The van der Waals surface area contributed by atoms with Gasteiger partial charge in [0.05, 0.1) is 11.6 Å². The van der Waals surface area contributed by atoms with Crippen LogP contribution in [0.1, 0.15) is 30.9 Å². The molecule has 0 amide bonds. The number of piperidine rings is 1. The summed E-state index contributed by atoms with van der Waals surface area (Å²) in [6.45, 7) is 1.00. The maximum absolute atomic E-state index is 10.4. The van der Waals surface area contributed by atoms with Crippen LogP contribution in [-0.4, -0.2) is 22.7 Å². The molecule has 1 aromatic heterocycles. The Morgan fingerprint density at radius 3 is 3.00 bits per heavy atom. The molecule has 1 fully saturated rings. The van der Waals surface area contributed by atoms with Gasteiger partial charge in [-0.15, -0.1) is 0 Å². The van der Waals surface area contributed by atoms with Crippen molar-refractivity contribution < 1.29 is 5.11 Å². The van der Waals surface area contributed by atoms with Crippen molar-refractivity contribution in [2.24, 2.45) is 0 Å². The van der Waals surface area contributed by atoms with E-state index >= 15 is 0 Å². The number of para-hydroxylation sites is 1. The Labute approximate surface area is 107 Å². The maximum Gasteiger partial charge on any atom is 0.0958 e. The highest BCUT2D eigenvalue weighted by Gasteiger charge is 2.22. The van der Waals surface area contributed by atoms with E-state index in [2.05, 4.69) is 10.3 Å². The van der Waals surface area contributed by atoms with Crippen molar-refractivity contribution in [1.29, 1.82) is 0 Å².